The molecule has 0 spiro atoms. The molecule has 2 heterocycles. The normalized spacial score (nSPS) is 11.4. The van der Waals surface area contributed by atoms with Crippen molar-refractivity contribution in [1.82, 2.24) is 9.38 Å². The Bertz CT molecular complexity index is 720. The van der Waals surface area contributed by atoms with Gasteiger partial charge < -0.3 is 4.74 Å². The van der Waals surface area contributed by atoms with E-state index in [1.54, 1.807) is 23.5 Å². The number of imidazole rings is 1. The zero-order valence-electron chi connectivity index (χ0n) is 10.0. The highest BCUT2D eigenvalue weighted by Gasteiger charge is 2.09. The standard InChI is InChI=1S/C13H10F2N2OS/c1-8-7-19-13-16-11(6-17(8)13)9-3-2-4-10(5-9)18-12(14)15/h2-7,12H,1H3. The maximum absolute atomic E-state index is 12.2. The molecular formula is C13H10F2N2OS. The average molecular weight is 280 g/mol. The van der Waals surface area contributed by atoms with Crippen LogP contribution in [0, 0.1) is 6.92 Å². The molecule has 3 rings (SSSR count). The lowest BCUT2D eigenvalue weighted by atomic mass is 10.1. The molecule has 3 aromatic rings. The molecule has 0 amide bonds. The van der Waals surface area contributed by atoms with Crippen molar-refractivity contribution in [3.05, 3.63) is 41.5 Å². The van der Waals surface area contributed by atoms with Gasteiger partial charge >= 0.3 is 6.61 Å². The SMILES string of the molecule is Cc1csc2nc(-c3cccc(OC(F)F)c3)cn12. The van der Waals surface area contributed by atoms with Gasteiger partial charge in [-0.1, -0.05) is 12.1 Å². The third-order valence-corrected chi connectivity index (χ3v) is 3.70. The fourth-order valence-electron chi connectivity index (χ4n) is 1.86. The van der Waals surface area contributed by atoms with Crippen LogP contribution in [0.3, 0.4) is 0 Å². The summed E-state index contributed by atoms with van der Waals surface area (Å²) in [5, 5.41) is 2.02. The lowest BCUT2D eigenvalue weighted by Crippen LogP contribution is -2.01. The molecular weight excluding hydrogens is 270 g/mol. The van der Waals surface area contributed by atoms with Crippen LogP contribution in [0.2, 0.25) is 0 Å². The smallest absolute Gasteiger partial charge is 0.387 e. The maximum atomic E-state index is 12.2. The molecule has 2 aromatic heterocycles. The molecule has 0 aliphatic rings. The number of rotatable bonds is 3. The minimum atomic E-state index is -2.82. The molecule has 0 saturated heterocycles. The molecule has 0 bridgehead atoms. The van der Waals surface area contributed by atoms with Gasteiger partial charge in [0.05, 0.1) is 5.69 Å². The number of nitrogens with zero attached hydrogens (tertiary/aromatic N) is 2. The number of aromatic nitrogens is 2. The first-order chi connectivity index (χ1) is 9.13. The second kappa shape index (κ2) is 4.62. The van der Waals surface area contributed by atoms with Crippen LogP contribution in [-0.4, -0.2) is 16.0 Å². The Morgan fingerprint density at radius 1 is 1.37 bits per heavy atom. The molecule has 0 aliphatic carbocycles. The number of ether oxygens (including phenoxy) is 1. The second-order valence-electron chi connectivity index (χ2n) is 4.06. The largest absolute Gasteiger partial charge is 0.435 e. The van der Waals surface area contributed by atoms with Gasteiger partial charge in [-0.2, -0.15) is 8.78 Å². The van der Waals surface area contributed by atoms with Crippen molar-refractivity contribution >= 4 is 16.3 Å². The molecule has 98 valence electrons. The maximum Gasteiger partial charge on any atom is 0.387 e. The molecule has 3 nitrogen and oxygen atoms in total. The van der Waals surface area contributed by atoms with Crippen molar-refractivity contribution < 1.29 is 13.5 Å². The van der Waals surface area contributed by atoms with Gasteiger partial charge in [0.15, 0.2) is 4.96 Å². The first-order valence-corrected chi connectivity index (χ1v) is 6.50. The third-order valence-electron chi connectivity index (χ3n) is 2.74. The van der Waals surface area contributed by atoms with E-state index in [2.05, 4.69) is 9.72 Å². The van der Waals surface area contributed by atoms with E-state index in [9.17, 15) is 8.78 Å². The Morgan fingerprint density at radius 2 is 2.21 bits per heavy atom. The summed E-state index contributed by atoms with van der Waals surface area (Å²) in [6.07, 6.45) is 1.89. The van der Waals surface area contributed by atoms with Crippen molar-refractivity contribution in [1.29, 1.82) is 0 Å². The van der Waals surface area contributed by atoms with Crippen molar-refractivity contribution in [2.75, 3.05) is 0 Å². The van der Waals surface area contributed by atoms with Gasteiger partial charge in [-0.25, -0.2) is 4.98 Å². The minimum Gasteiger partial charge on any atom is -0.435 e. The van der Waals surface area contributed by atoms with Crippen LogP contribution < -0.4 is 4.74 Å². The number of hydrogen-bond donors (Lipinski definition) is 0. The van der Waals surface area contributed by atoms with Gasteiger partial charge in [0.1, 0.15) is 5.75 Å². The summed E-state index contributed by atoms with van der Waals surface area (Å²) in [7, 11) is 0. The predicted octanol–water partition coefficient (Wildman–Crippen LogP) is 3.97. The van der Waals surface area contributed by atoms with Crippen LogP contribution in [0.5, 0.6) is 5.75 Å². The molecule has 0 atom stereocenters. The van der Waals surface area contributed by atoms with Crippen molar-refractivity contribution in [3.63, 3.8) is 0 Å². The number of halogens is 2. The number of benzene rings is 1. The van der Waals surface area contributed by atoms with Crippen LogP contribution in [0.25, 0.3) is 16.2 Å². The number of thiazole rings is 1. The number of hydrogen-bond acceptors (Lipinski definition) is 3. The molecule has 0 unspecified atom stereocenters. The van der Waals surface area contributed by atoms with Gasteiger partial charge in [0.25, 0.3) is 0 Å². The summed E-state index contributed by atoms with van der Waals surface area (Å²) in [5.74, 6) is 0.139. The summed E-state index contributed by atoms with van der Waals surface area (Å²) in [4.78, 5) is 5.34. The van der Waals surface area contributed by atoms with E-state index >= 15 is 0 Å². The molecule has 0 fully saturated rings. The molecule has 19 heavy (non-hydrogen) atoms. The van der Waals surface area contributed by atoms with Crippen LogP contribution >= 0.6 is 11.3 Å². The van der Waals surface area contributed by atoms with Gasteiger partial charge in [0, 0.05) is 22.8 Å². The lowest BCUT2D eigenvalue weighted by Gasteiger charge is -2.05. The fraction of sp³-hybridized carbons (Fsp3) is 0.154. The number of aryl methyl sites for hydroxylation is 1. The quantitative estimate of drug-likeness (QED) is 0.725. The van der Waals surface area contributed by atoms with E-state index in [0.29, 0.717) is 0 Å². The summed E-state index contributed by atoms with van der Waals surface area (Å²) in [6.45, 7) is -0.825. The van der Waals surface area contributed by atoms with E-state index < -0.39 is 6.61 Å². The lowest BCUT2D eigenvalue weighted by molar-refractivity contribution is -0.0498. The molecule has 1 aromatic carbocycles. The van der Waals surface area contributed by atoms with Gasteiger partial charge in [0.2, 0.25) is 0 Å². The van der Waals surface area contributed by atoms with E-state index in [1.807, 2.05) is 29.0 Å². The molecule has 0 aliphatic heterocycles. The Balaban J connectivity index is 2.00. The zero-order chi connectivity index (χ0) is 13.4. The van der Waals surface area contributed by atoms with Gasteiger partial charge in [-0.05, 0) is 19.1 Å². The Hall–Kier alpha value is -1.95. The van der Waals surface area contributed by atoms with Crippen LogP contribution in [-0.2, 0) is 0 Å². The van der Waals surface area contributed by atoms with E-state index in [1.165, 1.54) is 6.07 Å². The summed E-state index contributed by atoms with van der Waals surface area (Å²) in [5.41, 5.74) is 2.60. The molecule has 6 heteroatoms. The Kier molecular flexibility index (Phi) is 2.94. The van der Waals surface area contributed by atoms with Gasteiger partial charge in [-0.15, -0.1) is 11.3 Å². The first-order valence-electron chi connectivity index (χ1n) is 5.62. The predicted molar refractivity (Wildman–Crippen MR) is 69.9 cm³/mol. The summed E-state index contributed by atoms with van der Waals surface area (Å²) >= 11 is 1.54. The monoisotopic (exact) mass is 280 g/mol. The summed E-state index contributed by atoms with van der Waals surface area (Å²) in [6, 6.07) is 6.56. The van der Waals surface area contributed by atoms with Gasteiger partial charge in [-0.3, -0.25) is 4.40 Å². The second-order valence-corrected chi connectivity index (χ2v) is 4.90. The van der Waals surface area contributed by atoms with E-state index in [4.69, 9.17) is 0 Å². The van der Waals surface area contributed by atoms with E-state index in [-0.39, 0.29) is 5.75 Å². The number of alkyl halides is 2. The van der Waals surface area contributed by atoms with Crippen molar-refractivity contribution in [2.24, 2.45) is 0 Å². The van der Waals surface area contributed by atoms with Crippen LogP contribution in [0.15, 0.2) is 35.8 Å². The zero-order valence-corrected chi connectivity index (χ0v) is 10.8. The first kappa shape index (κ1) is 12.1. The highest BCUT2D eigenvalue weighted by Crippen LogP contribution is 2.26. The fourth-order valence-corrected chi connectivity index (χ4v) is 2.72. The molecule has 0 N–H and O–H groups in total. The Labute approximate surface area is 112 Å². The highest BCUT2D eigenvalue weighted by atomic mass is 32.1. The van der Waals surface area contributed by atoms with Crippen molar-refractivity contribution in [2.45, 2.75) is 13.5 Å². The van der Waals surface area contributed by atoms with Crippen molar-refractivity contribution in [3.8, 4) is 17.0 Å². The topological polar surface area (TPSA) is 26.5 Å². The highest BCUT2D eigenvalue weighted by molar-refractivity contribution is 7.15. The summed E-state index contributed by atoms with van der Waals surface area (Å²) < 4.78 is 30.7. The molecule has 0 radical (unpaired) electrons. The minimum absolute atomic E-state index is 0.139. The average Bonchev–Trinajstić information content (AvgIpc) is 2.92. The van der Waals surface area contributed by atoms with Crippen LogP contribution in [0.1, 0.15) is 5.69 Å². The van der Waals surface area contributed by atoms with Crippen LogP contribution in [0.4, 0.5) is 8.78 Å². The molecule has 0 saturated carbocycles. The third kappa shape index (κ3) is 2.31. The van der Waals surface area contributed by atoms with E-state index in [0.717, 1.165) is 21.9 Å². The number of fused-ring (bicyclic) bond motifs is 1. The Morgan fingerprint density at radius 3 is 2.95 bits per heavy atom.